The van der Waals surface area contributed by atoms with Gasteiger partial charge in [-0.2, -0.15) is 0 Å². The summed E-state index contributed by atoms with van der Waals surface area (Å²) in [6, 6.07) is 3.90. The van der Waals surface area contributed by atoms with Gasteiger partial charge in [-0.05, 0) is 49.7 Å². The molecule has 1 saturated heterocycles. The third-order valence-electron chi connectivity index (χ3n) is 8.16. The average molecular weight is 696 g/mol. The molecule has 242 valence electrons. The summed E-state index contributed by atoms with van der Waals surface area (Å²) in [6.07, 6.45) is 3.64. The summed E-state index contributed by atoms with van der Waals surface area (Å²) in [5, 5.41) is 17.0. The number of β-amino-alcohol motifs (C(OH)–C–C–N with tert-alkyl or cyclic N) is 1. The molecule has 3 atom stereocenters. The zero-order valence-corrected chi connectivity index (χ0v) is 28.4. The van der Waals surface area contributed by atoms with Crippen LogP contribution in [0, 0.1) is 12.3 Å². The van der Waals surface area contributed by atoms with Gasteiger partial charge in [-0.1, -0.05) is 61.7 Å². The number of hydrogen-bond acceptors (Lipinski definition) is 7. The minimum Gasteiger partial charge on any atom is -0.493 e. The quantitative estimate of drug-likeness (QED) is 0.188. The summed E-state index contributed by atoms with van der Waals surface area (Å²) in [6.45, 7) is 7.95. The fourth-order valence-corrected chi connectivity index (χ4v) is 6.50. The predicted molar refractivity (Wildman–Crippen MR) is 172 cm³/mol. The van der Waals surface area contributed by atoms with Crippen molar-refractivity contribution in [3.05, 3.63) is 35.0 Å². The number of aliphatic hydroxyl groups is 1. The Bertz CT molecular complexity index is 1330. The number of alkyl halides is 2. The molecule has 2 unspecified atom stereocenters. The highest BCUT2D eigenvalue weighted by Gasteiger charge is 2.53. The Morgan fingerprint density at radius 1 is 1.23 bits per heavy atom. The van der Waals surface area contributed by atoms with Crippen LogP contribution in [0.15, 0.2) is 23.7 Å². The molecule has 2 heterocycles. The van der Waals surface area contributed by atoms with E-state index in [9.17, 15) is 23.9 Å². The molecule has 2 fully saturated rings. The van der Waals surface area contributed by atoms with Crippen LogP contribution in [0.1, 0.15) is 77.0 Å². The van der Waals surface area contributed by atoms with Crippen molar-refractivity contribution < 1.29 is 28.6 Å². The Hall–Kier alpha value is -2.57. The van der Waals surface area contributed by atoms with Crippen molar-refractivity contribution in [1.82, 2.24) is 20.5 Å². The minimum absolute atomic E-state index is 0.0491. The average Bonchev–Trinajstić information content (AvgIpc) is 3.38. The van der Waals surface area contributed by atoms with Gasteiger partial charge >= 0.3 is 0 Å². The normalized spacial score (nSPS) is 19.8. The van der Waals surface area contributed by atoms with Crippen molar-refractivity contribution in [1.29, 1.82) is 0 Å². The van der Waals surface area contributed by atoms with Crippen LogP contribution in [-0.4, -0.2) is 75.1 Å². The Labute approximate surface area is 271 Å². The molecule has 44 heavy (non-hydrogen) atoms. The highest BCUT2D eigenvalue weighted by atomic mass is 79.9. The van der Waals surface area contributed by atoms with E-state index in [0.29, 0.717) is 12.4 Å². The number of aromatic nitrogens is 1. The second-order valence-electron chi connectivity index (χ2n) is 12.9. The Morgan fingerprint density at radius 2 is 1.95 bits per heavy atom. The molecule has 2 aromatic rings. The van der Waals surface area contributed by atoms with Gasteiger partial charge in [0, 0.05) is 30.4 Å². The fourth-order valence-electron chi connectivity index (χ4n) is 5.31. The van der Waals surface area contributed by atoms with Crippen molar-refractivity contribution >= 4 is 45.0 Å². The van der Waals surface area contributed by atoms with Gasteiger partial charge in [0.15, 0.2) is 5.67 Å². The lowest BCUT2D eigenvalue weighted by Gasteiger charge is -2.35. The first-order valence-electron chi connectivity index (χ1n) is 15.3. The smallest absolute Gasteiger partial charge is 0.258 e. The summed E-state index contributed by atoms with van der Waals surface area (Å²) in [5.74, 6) is -1.06. The number of nitrogens with zero attached hydrogens (tertiary/aromatic N) is 2. The van der Waals surface area contributed by atoms with E-state index in [-0.39, 0.29) is 32.4 Å². The molecule has 1 aromatic heterocycles. The maximum atomic E-state index is 14.5. The van der Waals surface area contributed by atoms with Gasteiger partial charge in [-0.15, -0.1) is 11.3 Å². The van der Waals surface area contributed by atoms with Crippen molar-refractivity contribution in [3.63, 3.8) is 0 Å². The van der Waals surface area contributed by atoms with E-state index in [4.69, 9.17) is 4.74 Å². The van der Waals surface area contributed by atoms with Gasteiger partial charge in [0.2, 0.25) is 11.8 Å². The Balaban J connectivity index is 1.46. The molecule has 2 aliphatic rings. The third-order valence-corrected chi connectivity index (χ3v) is 9.70. The number of aryl methyl sites for hydroxylation is 1. The number of halogens is 2. The highest BCUT2D eigenvalue weighted by molar-refractivity contribution is 9.09. The molecule has 9 nitrogen and oxygen atoms in total. The van der Waals surface area contributed by atoms with E-state index in [1.807, 2.05) is 30.6 Å². The number of unbranched alkanes of at least 4 members (excludes halogenated alkanes) is 3. The zero-order chi connectivity index (χ0) is 32.1. The van der Waals surface area contributed by atoms with Crippen molar-refractivity contribution in [3.8, 4) is 16.2 Å². The number of rotatable bonds is 14. The van der Waals surface area contributed by atoms with Gasteiger partial charge in [-0.25, -0.2) is 9.37 Å². The third kappa shape index (κ3) is 8.57. The summed E-state index contributed by atoms with van der Waals surface area (Å²) < 4.78 is 20.7. The topological polar surface area (TPSA) is 121 Å². The summed E-state index contributed by atoms with van der Waals surface area (Å²) >= 11 is 5.02. The zero-order valence-electron chi connectivity index (χ0n) is 26.0. The van der Waals surface area contributed by atoms with Gasteiger partial charge in [0.25, 0.3) is 5.91 Å². The molecule has 0 radical (unpaired) electrons. The minimum atomic E-state index is -1.94. The van der Waals surface area contributed by atoms with E-state index < -0.39 is 47.0 Å². The molecule has 0 bridgehead atoms. The number of thiazole rings is 1. The fraction of sp³-hybridized carbons (Fsp3) is 0.625. The number of carbonyl (C=O) groups excluding carboxylic acids is 3. The second-order valence-corrected chi connectivity index (χ2v) is 14.5. The van der Waals surface area contributed by atoms with E-state index in [0.717, 1.165) is 52.7 Å². The molecule has 3 amide bonds. The number of hydrogen-bond donors (Lipinski definition) is 3. The number of nitrogens with one attached hydrogen (secondary N) is 2. The number of carbonyl (C=O) groups is 3. The largest absolute Gasteiger partial charge is 0.493 e. The Kier molecular flexibility index (Phi) is 11.4. The molecule has 1 aromatic carbocycles. The van der Waals surface area contributed by atoms with Crippen LogP contribution in [0.2, 0.25) is 0 Å². The van der Waals surface area contributed by atoms with Crippen LogP contribution in [-0.2, 0) is 20.9 Å². The first kappa shape index (κ1) is 34.3. The van der Waals surface area contributed by atoms with Crippen LogP contribution in [0.3, 0.4) is 0 Å². The van der Waals surface area contributed by atoms with Gasteiger partial charge in [0.05, 0.1) is 28.8 Å². The lowest BCUT2D eigenvalue weighted by Crippen LogP contribution is -2.59. The molecular formula is C32H44BrFN4O5S. The first-order valence-corrected chi connectivity index (χ1v) is 17.3. The van der Waals surface area contributed by atoms with E-state index in [1.54, 1.807) is 32.1 Å². The summed E-state index contributed by atoms with van der Waals surface area (Å²) in [4.78, 5) is 46.5. The molecule has 1 aliphatic carbocycles. The van der Waals surface area contributed by atoms with E-state index >= 15 is 0 Å². The number of ether oxygens (including phenoxy) is 1. The second kappa shape index (κ2) is 14.7. The summed E-state index contributed by atoms with van der Waals surface area (Å²) in [7, 11) is 0. The van der Waals surface area contributed by atoms with Crippen LogP contribution in [0.4, 0.5) is 4.39 Å². The standard InChI is InChI=1S/C32H44BrFN4O5S/c1-20-26(44-19-36-20)21-9-10-22(25(15-21)43-14-8-6-5-7-13-33)17-35-28(40)24-16-23(39)18-38(24)29(41)27(31(2,3)4)37-30(42)32(34)11-12-32/h9-10,15,19,23-24,27,39H,5-8,11-14,16-18H2,1-4H3,(H,35,40)(H,37,42)/t23?,24?,27-/m1/s1. The van der Waals surface area contributed by atoms with Gasteiger partial charge in [-0.3, -0.25) is 14.4 Å². The van der Waals surface area contributed by atoms with Crippen molar-refractivity contribution in [2.24, 2.45) is 5.41 Å². The van der Waals surface area contributed by atoms with Crippen LogP contribution < -0.4 is 15.4 Å². The van der Waals surface area contributed by atoms with Crippen molar-refractivity contribution in [2.75, 3.05) is 18.5 Å². The monoisotopic (exact) mass is 694 g/mol. The molecule has 12 heteroatoms. The number of amides is 3. The Morgan fingerprint density at radius 3 is 2.59 bits per heavy atom. The molecule has 4 rings (SSSR count). The number of benzene rings is 1. The number of aliphatic hydroxyl groups excluding tert-OH is 1. The lowest BCUT2D eigenvalue weighted by atomic mass is 9.85. The van der Waals surface area contributed by atoms with Crippen molar-refractivity contribution in [2.45, 2.75) is 103 Å². The van der Waals surface area contributed by atoms with Crippen LogP contribution in [0.5, 0.6) is 5.75 Å². The van der Waals surface area contributed by atoms with Crippen LogP contribution >= 0.6 is 27.3 Å². The van der Waals surface area contributed by atoms with Gasteiger partial charge < -0.3 is 25.4 Å². The molecule has 3 N–H and O–H groups in total. The predicted octanol–water partition coefficient (Wildman–Crippen LogP) is 5.06. The van der Waals surface area contributed by atoms with Crippen LogP contribution in [0.25, 0.3) is 10.4 Å². The molecule has 0 spiro atoms. The molecule has 1 saturated carbocycles. The van der Waals surface area contributed by atoms with E-state index in [1.165, 1.54) is 4.90 Å². The highest BCUT2D eigenvalue weighted by Crippen LogP contribution is 2.40. The first-order chi connectivity index (χ1) is 20.8. The maximum Gasteiger partial charge on any atom is 0.258 e. The van der Waals surface area contributed by atoms with E-state index in [2.05, 4.69) is 31.5 Å². The SMILES string of the molecule is Cc1ncsc1-c1ccc(CNC(=O)C2CC(O)CN2C(=O)[C@@H](NC(=O)C2(F)CC2)C(C)(C)C)c(OCCCCCCBr)c1. The molecule has 1 aliphatic heterocycles. The molecular weight excluding hydrogens is 651 g/mol. The lowest BCUT2D eigenvalue weighted by molar-refractivity contribution is -0.145. The van der Waals surface area contributed by atoms with Gasteiger partial charge in [0.1, 0.15) is 17.8 Å². The number of likely N-dealkylation sites (tertiary alicyclic amines) is 1. The summed E-state index contributed by atoms with van der Waals surface area (Å²) in [5.41, 5.74) is 1.84. The maximum absolute atomic E-state index is 14.5.